The standard InChI is InChI=1S/C12H21N3/c1-11(7-13-2)9-15(3)10-12-5-4-6-14-8-12/h4-6,8,11,13H,7,9-10H2,1-3H3. The highest BCUT2D eigenvalue weighted by molar-refractivity contribution is 5.07. The van der Waals surface area contributed by atoms with Crippen molar-refractivity contribution in [2.45, 2.75) is 13.5 Å². The minimum atomic E-state index is 0.677. The molecule has 0 saturated carbocycles. The molecule has 0 bridgehead atoms. The van der Waals surface area contributed by atoms with Crippen LogP contribution in [-0.2, 0) is 6.54 Å². The number of pyridine rings is 1. The predicted octanol–water partition coefficient (Wildman–Crippen LogP) is 1.37. The maximum atomic E-state index is 4.11. The molecule has 0 saturated heterocycles. The largest absolute Gasteiger partial charge is 0.319 e. The Morgan fingerprint density at radius 1 is 1.53 bits per heavy atom. The van der Waals surface area contributed by atoms with Gasteiger partial charge in [-0.05, 0) is 38.2 Å². The average molecular weight is 207 g/mol. The minimum Gasteiger partial charge on any atom is -0.319 e. The zero-order valence-electron chi connectivity index (χ0n) is 9.90. The first-order valence-corrected chi connectivity index (χ1v) is 5.44. The average Bonchev–Trinajstić information content (AvgIpc) is 2.19. The van der Waals surface area contributed by atoms with Gasteiger partial charge in [0.2, 0.25) is 0 Å². The summed E-state index contributed by atoms with van der Waals surface area (Å²) < 4.78 is 0. The van der Waals surface area contributed by atoms with Crippen molar-refractivity contribution in [3.8, 4) is 0 Å². The number of aromatic nitrogens is 1. The van der Waals surface area contributed by atoms with Crippen LogP contribution in [0.15, 0.2) is 24.5 Å². The molecule has 0 aliphatic rings. The van der Waals surface area contributed by atoms with Crippen molar-refractivity contribution in [2.75, 3.05) is 27.2 Å². The van der Waals surface area contributed by atoms with Crippen LogP contribution in [0.4, 0.5) is 0 Å². The van der Waals surface area contributed by atoms with Crippen LogP contribution in [-0.4, -0.2) is 37.1 Å². The molecule has 0 amide bonds. The van der Waals surface area contributed by atoms with Crippen LogP contribution >= 0.6 is 0 Å². The van der Waals surface area contributed by atoms with E-state index in [0.29, 0.717) is 5.92 Å². The molecule has 0 aliphatic heterocycles. The van der Waals surface area contributed by atoms with Crippen molar-refractivity contribution >= 4 is 0 Å². The van der Waals surface area contributed by atoms with Gasteiger partial charge in [-0.25, -0.2) is 0 Å². The molecule has 3 heteroatoms. The van der Waals surface area contributed by atoms with Gasteiger partial charge in [0.1, 0.15) is 0 Å². The molecular formula is C12H21N3. The van der Waals surface area contributed by atoms with Crippen molar-refractivity contribution in [1.29, 1.82) is 0 Å². The third-order valence-corrected chi connectivity index (χ3v) is 2.35. The summed E-state index contributed by atoms with van der Waals surface area (Å²) in [5, 5.41) is 3.20. The SMILES string of the molecule is CNCC(C)CN(C)Cc1cccnc1. The Balaban J connectivity index is 2.33. The Morgan fingerprint density at radius 3 is 2.93 bits per heavy atom. The van der Waals surface area contributed by atoms with Crippen molar-refractivity contribution in [2.24, 2.45) is 5.92 Å². The second-order valence-corrected chi connectivity index (χ2v) is 4.22. The van der Waals surface area contributed by atoms with E-state index >= 15 is 0 Å². The summed E-state index contributed by atoms with van der Waals surface area (Å²) in [6, 6.07) is 4.10. The van der Waals surface area contributed by atoms with E-state index in [1.807, 2.05) is 25.5 Å². The molecular weight excluding hydrogens is 186 g/mol. The lowest BCUT2D eigenvalue weighted by Crippen LogP contribution is -2.29. The highest BCUT2D eigenvalue weighted by atomic mass is 15.1. The number of nitrogens with zero attached hydrogens (tertiary/aromatic N) is 2. The molecule has 1 heterocycles. The Labute approximate surface area is 92.5 Å². The summed E-state index contributed by atoms with van der Waals surface area (Å²) in [5.41, 5.74) is 1.27. The molecule has 0 fully saturated rings. The van der Waals surface area contributed by atoms with Crippen molar-refractivity contribution in [3.05, 3.63) is 30.1 Å². The Hall–Kier alpha value is -0.930. The van der Waals surface area contributed by atoms with E-state index in [1.54, 1.807) is 0 Å². The normalized spacial score (nSPS) is 13.1. The quantitative estimate of drug-likeness (QED) is 0.763. The Bertz CT molecular complexity index is 261. The number of hydrogen-bond acceptors (Lipinski definition) is 3. The first-order valence-electron chi connectivity index (χ1n) is 5.44. The van der Waals surface area contributed by atoms with E-state index in [2.05, 4.69) is 35.2 Å². The van der Waals surface area contributed by atoms with Crippen LogP contribution in [0.3, 0.4) is 0 Å². The maximum Gasteiger partial charge on any atom is 0.0312 e. The van der Waals surface area contributed by atoms with E-state index in [4.69, 9.17) is 0 Å². The van der Waals surface area contributed by atoms with Crippen LogP contribution in [0, 0.1) is 5.92 Å². The number of rotatable bonds is 6. The molecule has 0 aromatic carbocycles. The molecule has 0 radical (unpaired) electrons. The van der Waals surface area contributed by atoms with Gasteiger partial charge in [-0.15, -0.1) is 0 Å². The van der Waals surface area contributed by atoms with Gasteiger partial charge >= 0.3 is 0 Å². The van der Waals surface area contributed by atoms with Gasteiger partial charge in [0, 0.05) is 25.5 Å². The fourth-order valence-corrected chi connectivity index (χ4v) is 1.81. The molecule has 15 heavy (non-hydrogen) atoms. The second kappa shape index (κ2) is 6.53. The molecule has 84 valence electrons. The van der Waals surface area contributed by atoms with Crippen LogP contribution in [0.1, 0.15) is 12.5 Å². The van der Waals surface area contributed by atoms with Crippen LogP contribution in [0.5, 0.6) is 0 Å². The lowest BCUT2D eigenvalue weighted by molar-refractivity contribution is 0.276. The van der Waals surface area contributed by atoms with Crippen LogP contribution in [0.2, 0.25) is 0 Å². The van der Waals surface area contributed by atoms with Gasteiger partial charge < -0.3 is 10.2 Å². The summed E-state index contributed by atoms with van der Waals surface area (Å²) >= 11 is 0. The molecule has 3 nitrogen and oxygen atoms in total. The number of hydrogen-bond donors (Lipinski definition) is 1. The number of nitrogens with one attached hydrogen (secondary N) is 1. The minimum absolute atomic E-state index is 0.677. The zero-order valence-corrected chi connectivity index (χ0v) is 9.90. The fourth-order valence-electron chi connectivity index (χ4n) is 1.81. The predicted molar refractivity (Wildman–Crippen MR) is 63.7 cm³/mol. The maximum absolute atomic E-state index is 4.11. The Morgan fingerprint density at radius 2 is 2.33 bits per heavy atom. The molecule has 1 aromatic rings. The summed E-state index contributed by atoms with van der Waals surface area (Å²) in [7, 11) is 4.15. The zero-order chi connectivity index (χ0) is 11.1. The third-order valence-electron chi connectivity index (χ3n) is 2.35. The molecule has 1 unspecified atom stereocenters. The Kier molecular flexibility index (Phi) is 5.29. The smallest absolute Gasteiger partial charge is 0.0312 e. The van der Waals surface area contributed by atoms with Gasteiger partial charge in [0.15, 0.2) is 0 Å². The van der Waals surface area contributed by atoms with E-state index in [-0.39, 0.29) is 0 Å². The van der Waals surface area contributed by atoms with E-state index in [0.717, 1.165) is 19.6 Å². The summed E-state index contributed by atoms with van der Waals surface area (Å²) in [6.07, 6.45) is 3.74. The summed E-state index contributed by atoms with van der Waals surface area (Å²) in [4.78, 5) is 6.45. The molecule has 0 aliphatic carbocycles. The van der Waals surface area contributed by atoms with Crippen molar-refractivity contribution < 1.29 is 0 Å². The topological polar surface area (TPSA) is 28.2 Å². The highest BCUT2D eigenvalue weighted by Gasteiger charge is 2.05. The van der Waals surface area contributed by atoms with E-state index < -0.39 is 0 Å². The van der Waals surface area contributed by atoms with Gasteiger partial charge in [-0.2, -0.15) is 0 Å². The van der Waals surface area contributed by atoms with Crippen molar-refractivity contribution in [1.82, 2.24) is 15.2 Å². The lowest BCUT2D eigenvalue weighted by Gasteiger charge is -2.20. The first kappa shape index (κ1) is 12.1. The van der Waals surface area contributed by atoms with Gasteiger partial charge in [-0.3, -0.25) is 4.98 Å². The fraction of sp³-hybridized carbons (Fsp3) is 0.583. The van der Waals surface area contributed by atoms with E-state index in [9.17, 15) is 0 Å². The summed E-state index contributed by atoms with van der Waals surface area (Å²) in [5.74, 6) is 0.677. The monoisotopic (exact) mass is 207 g/mol. The molecule has 0 spiro atoms. The van der Waals surface area contributed by atoms with Crippen LogP contribution in [0.25, 0.3) is 0 Å². The molecule has 1 rings (SSSR count). The van der Waals surface area contributed by atoms with Crippen molar-refractivity contribution in [3.63, 3.8) is 0 Å². The highest BCUT2D eigenvalue weighted by Crippen LogP contribution is 2.03. The molecule has 1 N–H and O–H groups in total. The summed E-state index contributed by atoms with van der Waals surface area (Å²) in [6.45, 7) is 5.41. The van der Waals surface area contributed by atoms with Gasteiger partial charge in [0.25, 0.3) is 0 Å². The van der Waals surface area contributed by atoms with E-state index in [1.165, 1.54) is 5.56 Å². The molecule has 1 aromatic heterocycles. The lowest BCUT2D eigenvalue weighted by atomic mass is 10.1. The first-order chi connectivity index (χ1) is 7.22. The van der Waals surface area contributed by atoms with Gasteiger partial charge in [0.05, 0.1) is 0 Å². The molecule has 1 atom stereocenters. The third kappa shape index (κ3) is 4.91. The van der Waals surface area contributed by atoms with Crippen LogP contribution < -0.4 is 5.32 Å². The van der Waals surface area contributed by atoms with Gasteiger partial charge in [-0.1, -0.05) is 13.0 Å². The second-order valence-electron chi connectivity index (χ2n) is 4.22.